The number of carbonyl (C=O) groups excluding carboxylic acids is 1. The summed E-state index contributed by atoms with van der Waals surface area (Å²) in [6.45, 7) is 1.25. The van der Waals surface area contributed by atoms with Crippen molar-refractivity contribution in [1.29, 1.82) is 0 Å². The maximum atomic E-state index is 12.3. The second kappa shape index (κ2) is 5.61. The van der Waals surface area contributed by atoms with Crippen LogP contribution in [0.4, 0.5) is 0 Å². The molecule has 2 heterocycles. The summed E-state index contributed by atoms with van der Waals surface area (Å²) in [7, 11) is 1.86. The summed E-state index contributed by atoms with van der Waals surface area (Å²) in [5, 5.41) is 4.58. The number of amides is 1. The van der Waals surface area contributed by atoms with E-state index in [1.165, 1.54) is 0 Å². The zero-order valence-corrected chi connectivity index (χ0v) is 12.3. The first-order valence-corrected chi connectivity index (χ1v) is 7.02. The molecule has 1 aromatic carbocycles. The smallest absolute Gasteiger partial charge is 0.267 e. The van der Waals surface area contributed by atoms with Gasteiger partial charge in [-0.25, -0.2) is 4.98 Å². The van der Waals surface area contributed by atoms with Crippen molar-refractivity contribution in [2.45, 2.75) is 6.54 Å². The average molecular weight is 303 g/mol. The number of nitrogens with one attached hydrogen (secondary N) is 1. The molecule has 0 aliphatic rings. The number of hydrogen-bond acceptors (Lipinski definition) is 2. The molecule has 0 fully saturated rings. The molecule has 0 radical (unpaired) electrons. The minimum absolute atomic E-state index is 0.0927. The van der Waals surface area contributed by atoms with E-state index < -0.39 is 0 Å². The Hall–Kier alpha value is -2.27. The molecule has 0 spiro atoms. The Balaban J connectivity index is 1.73. The lowest BCUT2D eigenvalue weighted by Gasteiger charge is -2.07. The third-order valence-electron chi connectivity index (χ3n) is 3.45. The maximum Gasteiger partial charge on any atom is 0.267 e. The Morgan fingerprint density at radius 1 is 1.38 bits per heavy atom. The third-order valence-corrected chi connectivity index (χ3v) is 3.69. The summed E-state index contributed by atoms with van der Waals surface area (Å²) in [4.78, 5) is 16.2. The lowest BCUT2D eigenvalue weighted by atomic mass is 10.2. The Kier molecular flexibility index (Phi) is 3.66. The predicted molar refractivity (Wildman–Crippen MR) is 82.5 cm³/mol. The Labute approximate surface area is 127 Å². The molecule has 0 bridgehead atoms. The lowest BCUT2D eigenvalue weighted by molar-refractivity contribution is 0.0944. The fraction of sp³-hybridized carbons (Fsp3) is 0.200. The summed E-state index contributed by atoms with van der Waals surface area (Å²) in [6.07, 6.45) is 5.31. The molecule has 1 N–H and O–H groups in total. The fourth-order valence-electron chi connectivity index (χ4n) is 2.33. The zero-order valence-electron chi connectivity index (χ0n) is 11.6. The van der Waals surface area contributed by atoms with Gasteiger partial charge in [-0.1, -0.05) is 17.7 Å². The van der Waals surface area contributed by atoms with E-state index in [9.17, 15) is 4.79 Å². The number of imidazole rings is 1. The molecule has 5 nitrogen and oxygen atoms in total. The Morgan fingerprint density at radius 2 is 2.24 bits per heavy atom. The molecule has 0 saturated heterocycles. The zero-order chi connectivity index (χ0) is 14.8. The molecular formula is C15H15ClN4O. The first-order chi connectivity index (χ1) is 10.1. The molecule has 108 valence electrons. The number of aromatic nitrogens is 3. The molecule has 1 amide bonds. The largest absolute Gasteiger partial charge is 0.349 e. The van der Waals surface area contributed by atoms with Crippen molar-refractivity contribution in [1.82, 2.24) is 19.4 Å². The SMILES string of the molecule is Cn1c(C(=O)NCCn2ccnc2)cc2ccc(Cl)cc21. The van der Waals surface area contributed by atoms with Gasteiger partial charge in [0.05, 0.1) is 6.33 Å². The van der Waals surface area contributed by atoms with Gasteiger partial charge >= 0.3 is 0 Å². The van der Waals surface area contributed by atoms with Crippen molar-refractivity contribution in [3.05, 3.63) is 53.7 Å². The summed E-state index contributed by atoms with van der Waals surface area (Å²) in [5.74, 6) is -0.0927. The highest BCUT2D eigenvalue weighted by molar-refractivity contribution is 6.31. The van der Waals surface area contributed by atoms with Gasteiger partial charge in [0.15, 0.2) is 0 Å². The van der Waals surface area contributed by atoms with Crippen molar-refractivity contribution in [3.63, 3.8) is 0 Å². The molecule has 21 heavy (non-hydrogen) atoms. The van der Waals surface area contributed by atoms with Gasteiger partial charge in [0.25, 0.3) is 5.91 Å². The monoisotopic (exact) mass is 302 g/mol. The number of fused-ring (bicyclic) bond motifs is 1. The van der Waals surface area contributed by atoms with Crippen molar-refractivity contribution in [2.75, 3.05) is 6.54 Å². The quantitative estimate of drug-likeness (QED) is 0.805. The van der Waals surface area contributed by atoms with Gasteiger partial charge in [0.1, 0.15) is 5.69 Å². The molecule has 0 atom stereocenters. The topological polar surface area (TPSA) is 51.9 Å². The number of aryl methyl sites for hydroxylation is 1. The van der Waals surface area contributed by atoms with Crippen LogP contribution in [0.1, 0.15) is 10.5 Å². The van der Waals surface area contributed by atoms with Gasteiger partial charge in [-0.15, -0.1) is 0 Å². The number of nitrogens with zero attached hydrogens (tertiary/aromatic N) is 3. The van der Waals surface area contributed by atoms with Crippen LogP contribution in [-0.4, -0.2) is 26.6 Å². The van der Waals surface area contributed by atoms with Gasteiger partial charge in [-0.05, 0) is 18.2 Å². The van der Waals surface area contributed by atoms with E-state index in [0.29, 0.717) is 23.8 Å². The van der Waals surface area contributed by atoms with E-state index in [2.05, 4.69) is 10.3 Å². The number of rotatable bonds is 4. The van der Waals surface area contributed by atoms with E-state index in [4.69, 9.17) is 11.6 Å². The second-order valence-electron chi connectivity index (χ2n) is 4.85. The van der Waals surface area contributed by atoms with Crippen LogP contribution in [0.2, 0.25) is 5.02 Å². The lowest BCUT2D eigenvalue weighted by Crippen LogP contribution is -2.28. The van der Waals surface area contributed by atoms with Crippen molar-refractivity contribution in [2.24, 2.45) is 7.05 Å². The normalized spacial score (nSPS) is 11.0. The highest BCUT2D eigenvalue weighted by Crippen LogP contribution is 2.22. The van der Waals surface area contributed by atoms with E-state index in [1.807, 2.05) is 46.6 Å². The molecule has 0 aliphatic heterocycles. The minimum atomic E-state index is -0.0927. The van der Waals surface area contributed by atoms with Crippen LogP contribution in [0.15, 0.2) is 43.0 Å². The number of carbonyl (C=O) groups is 1. The second-order valence-corrected chi connectivity index (χ2v) is 5.28. The van der Waals surface area contributed by atoms with Gasteiger partial charge in [0.2, 0.25) is 0 Å². The summed E-state index contributed by atoms with van der Waals surface area (Å²) < 4.78 is 3.77. The minimum Gasteiger partial charge on any atom is -0.349 e. The summed E-state index contributed by atoms with van der Waals surface area (Å²) in [5.41, 5.74) is 1.57. The van der Waals surface area contributed by atoms with Gasteiger partial charge in [-0.2, -0.15) is 0 Å². The molecule has 0 aliphatic carbocycles. The fourth-order valence-corrected chi connectivity index (χ4v) is 2.50. The van der Waals surface area contributed by atoms with Crippen LogP contribution in [0.5, 0.6) is 0 Å². The number of benzene rings is 1. The van der Waals surface area contributed by atoms with Crippen molar-refractivity contribution >= 4 is 28.4 Å². The van der Waals surface area contributed by atoms with Crippen LogP contribution in [-0.2, 0) is 13.6 Å². The highest BCUT2D eigenvalue weighted by Gasteiger charge is 2.13. The highest BCUT2D eigenvalue weighted by atomic mass is 35.5. The molecule has 0 unspecified atom stereocenters. The average Bonchev–Trinajstić information content (AvgIpc) is 3.08. The Morgan fingerprint density at radius 3 is 3.00 bits per heavy atom. The summed E-state index contributed by atoms with van der Waals surface area (Å²) >= 11 is 6.00. The number of hydrogen-bond donors (Lipinski definition) is 1. The van der Waals surface area contributed by atoms with Gasteiger partial charge < -0.3 is 14.5 Å². The molecule has 6 heteroatoms. The molecule has 3 aromatic rings. The number of halogens is 1. The molecule has 2 aromatic heterocycles. The first kappa shape index (κ1) is 13.7. The van der Waals surface area contributed by atoms with E-state index in [1.54, 1.807) is 12.5 Å². The summed E-state index contributed by atoms with van der Waals surface area (Å²) in [6, 6.07) is 7.47. The van der Waals surface area contributed by atoms with Crippen LogP contribution in [0.3, 0.4) is 0 Å². The standard InChI is InChI=1S/C15H15ClN4O/c1-19-13-9-12(16)3-2-11(13)8-14(19)15(21)18-5-7-20-6-4-17-10-20/h2-4,6,8-10H,5,7H2,1H3,(H,18,21). The van der Waals surface area contributed by atoms with E-state index >= 15 is 0 Å². The van der Waals surface area contributed by atoms with Gasteiger partial charge in [-0.3, -0.25) is 4.79 Å². The van der Waals surface area contributed by atoms with Crippen LogP contribution in [0.25, 0.3) is 10.9 Å². The Bertz CT molecular complexity index is 776. The van der Waals surface area contributed by atoms with Crippen molar-refractivity contribution in [3.8, 4) is 0 Å². The molecule has 3 rings (SSSR count). The third kappa shape index (κ3) is 2.78. The first-order valence-electron chi connectivity index (χ1n) is 6.64. The van der Waals surface area contributed by atoms with Gasteiger partial charge in [0, 0.05) is 48.5 Å². The molecular weight excluding hydrogens is 288 g/mol. The molecule has 0 saturated carbocycles. The van der Waals surface area contributed by atoms with Crippen LogP contribution < -0.4 is 5.32 Å². The van der Waals surface area contributed by atoms with E-state index in [-0.39, 0.29) is 5.91 Å². The van der Waals surface area contributed by atoms with Crippen LogP contribution >= 0.6 is 11.6 Å². The maximum absolute atomic E-state index is 12.3. The van der Waals surface area contributed by atoms with E-state index in [0.717, 1.165) is 10.9 Å². The van der Waals surface area contributed by atoms with Crippen molar-refractivity contribution < 1.29 is 4.79 Å². The predicted octanol–water partition coefficient (Wildman–Crippen LogP) is 2.46. The van der Waals surface area contributed by atoms with Crippen LogP contribution in [0, 0.1) is 0 Å².